The van der Waals surface area contributed by atoms with Crippen LogP contribution in [0, 0.1) is 0 Å². The topological polar surface area (TPSA) is 64.1 Å². The van der Waals surface area contributed by atoms with Gasteiger partial charge >= 0.3 is 0 Å². The molecule has 0 heterocycles. The number of rotatable bonds is 9. The Labute approximate surface area is 155 Å². The number of guanidine groups is 1. The molecule has 0 unspecified atom stereocenters. The molecule has 2 rings (SSSR count). The third-order valence-corrected chi connectivity index (χ3v) is 3.62. The second-order valence-corrected chi connectivity index (χ2v) is 5.47. The molecule has 0 saturated heterocycles. The van der Waals surface area contributed by atoms with Gasteiger partial charge in [-0.3, -0.25) is 0 Å². The lowest BCUT2D eigenvalue weighted by Crippen LogP contribution is -2.39. The molecule has 0 aliphatic carbocycles. The van der Waals surface area contributed by atoms with Crippen molar-refractivity contribution in [3.05, 3.63) is 54.1 Å². The van der Waals surface area contributed by atoms with Crippen molar-refractivity contribution in [2.45, 2.75) is 13.5 Å². The van der Waals surface area contributed by atoms with Crippen LogP contribution in [0.2, 0.25) is 0 Å². The second-order valence-electron chi connectivity index (χ2n) is 5.47. The van der Waals surface area contributed by atoms with Gasteiger partial charge < -0.3 is 24.8 Å². The van der Waals surface area contributed by atoms with Crippen LogP contribution in [0.3, 0.4) is 0 Å². The Morgan fingerprint density at radius 3 is 2.42 bits per heavy atom. The molecule has 140 valence electrons. The first-order valence-electron chi connectivity index (χ1n) is 8.67. The van der Waals surface area contributed by atoms with Gasteiger partial charge in [-0.05, 0) is 36.8 Å². The highest BCUT2D eigenvalue weighted by atomic mass is 16.5. The first kappa shape index (κ1) is 19.4. The number of benzene rings is 2. The van der Waals surface area contributed by atoms with Crippen LogP contribution in [-0.4, -0.2) is 39.9 Å². The van der Waals surface area contributed by atoms with Crippen LogP contribution in [0.15, 0.2) is 53.5 Å². The van der Waals surface area contributed by atoms with Crippen LogP contribution in [0.1, 0.15) is 12.5 Å². The highest BCUT2D eigenvalue weighted by molar-refractivity contribution is 5.79. The average Bonchev–Trinajstić information content (AvgIpc) is 2.69. The quantitative estimate of drug-likeness (QED) is 0.410. The van der Waals surface area contributed by atoms with E-state index in [1.165, 1.54) is 0 Å². The number of ether oxygens (including phenoxy) is 3. The SMILES string of the molecule is CCNC(=NCc1ccc(OC)c(OC)c1)NCCOc1ccccc1. The fourth-order valence-corrected chi connectivity index (χ4v) is 2.35. The summed E-state index contributed by atoms with van der Waals surface area (Å²) >= 11 is 0. The Bertz CT molecular complexity index is 690. The van der Waals surface area contributed by atoms with E-state index >= 15 is 0 Å². The van der Waals surface area contributed by atoms with Gasteiger partial charge in [-0.25, -0.2) is 4.99 Å². The minimum absolute atomic E-state index is 0.537. The van der Waals surface area contributed by atoms with Crippen LogP contribution in [-0.2, 0) is 6.54 Å². The van der Waals surface area contributed by atoms with Crippen LogP contribution in [0.25, 0.3) is 0 Å². The molecule has 2 aromatic carbocycles. The Balaban J connectivity index is 1.87. The number of para-hydroxylation sites is 1. The summed E-state index contributed by atoms with van der Waals surface area (Å²) in [5.41, 5.74) is 1.04. The summed E-state index contributed by atoms with van der Waals surface area (Å²) in [5, 5.41) is 6.50. The smallest absolute Gasteiger partial charge is 0.191 e. The zero-order valence-corrected chi connectivity index (χ0v) is 15.6. The maximum Gasteiger partial charge on any atom is 0.191 e. The van der Waals surface area contributed by atoms with Crippen LogP contribution >= 0.6 is 0 Å². The summed E-state index contributed by atoms with van der Waals surface area (Å²) in [7, 11) is 3.25. The number of methoxy groups -OCH3 is 2. The molecule has 0 aliphatic rings. The van der Waals surface area contributed by atoms with E-state index in [1.54, 1.807) is 14.2 Å². The molecule has 6 heteroatoms. The standard InChI is InChI=1S/C20H27N3O3/c1-4-21-20(22-12-13-26-17-8-6-5-7-9-17)23-15-16-10-11-18(24-2)19(14-16)25-3/h5-11,14H,4,12-13,15H2,1-3H3,(H2,21,22,23). The largest absolute Gasteiger partial charge is 0.493 e. The van der Waals surface area contributed by atoms with Gasteiger partial charge in [0.25, 0.3) is 0 Å². The monoisotopic (exact) mass is 357 g/mol. The first-order valence-corrected chi connectivity index (χ1v) is 8.67. The molecule has 0 aliphatic heterocycles. The zero-order chi connectivity index (χ0) is 18.6. The van der Waals surface area contributed by atoms with Crippen molar-refractivity contribution in [3.8, 4) is 17.2 Å². The molecule has 0 saturated carbocycles. The van der Waals surface area contributed by atoms with Crippen molar-refractivity contribution in [2.24, 2.45) is 4.99 Å². The van der Waals surface area contributed by atoms with Gasteiger partial charge in [0.15, 0.2) is 17.5 Å². The van der Waals surface area contributed by atoms with E-state index in [0.717, 1.165) is 23.8 Å². The molecule has 0 spiro atoms. The van der Waals surface area contributed by atoms with Crippen molar-refractivity contribution >= 4 is 5.96 Å². The van der Waals surface area contributed by atoms with Crippen LogP contribution in [0.4, 0.5) is 0 Å². The van der Waals surface area contributed by atoms with Crippen molar-refractivity contribution < 1.29 is 14.2 Å². The van der Waals surface area contributed by atoms with Gasteiger partial charge in [0.1, 0.15) is 12.4 Å². The van der Waals surface area contributed by atoms with E-state index in [4.69, 9.17) is 14.2 Å². The molecular weight excluding hydrogens is 330 g/mol. The Morgan fingerprint density at radius 1 is 0.962 bits per heavy atom. The summed E-state index contributed by atoms with van der Waals surface area (Å²) in [6, 6.07) is 15.6. The minimum atomic E-state index is 0.537. The average molecular weight is 357 g/mol. The summed E-state index contributed by atoms with van der Waals surface area (Å²) in [5.74, 6) is 3.03. The van der Waals surface area contributed by atoms with E-state index in [2.05, 4.69) is 15.6 Å². The van der Waals surface area contributed by atoms with Crippen molar-refractivity contribution in [1.29, 1.82) is 0 Å². The predicted octanol–water partition coefficient (Wildman–Crippen LogP) is 2.84. The van der Waals surface area contributed by atoms with E-state index < -0.39 is 0 Å². The third-order valence-electron chi connectivity index (χ3n) is 3.62. The highest BCUT2D eigenvalue weighted by Crippen LogP contribution is 2.27. The van der Waals surface area contributed by atoms with Crippen molar-refractivity contribution in [2.75, 3.05) is 33.9 Å². The van der Waals surface area contributed by atoms with Gasteiger partial charge in [0.05, 0.1) is 27.3 Å². The van der Waals surface area contributed by atoms with Gasteiger partial charge in [0.2, 0.25) is 0 Å². The van der Waals surface area contributed by atoms with E-state index in [1.807, 2.05) is 55.5 Å². The molecule has 26 heavy (non-hydrogen) atoms. The first-order chi connectivity index (χ1) is 12.8. The Kier molecular flexibility index (Phi) is 8.12. The van der Waals surface area contributed by atoms with Crippen LogP contribution in [0.5, 0.6) is 17.2 Å². The molecule has 0 bridgehead atoms. The summed E-state index contributed by atoms with van der Waals surface area (Å²) < 4.78 is 16.3. The summed E-state index contributed by atoms with van der Waals surface area (Å²) in [6.45, 7) is 4.58. The maximum absolute atomic E-state index is 5.68. The molecule has 2 N–H and O–H groups in total. The molecule has 2 aromatic rings. The lowest BCUT2D eigenvalue weighted by molar-refractivity contribution is 0.322. The molecule has 0 amide bonds. The fourth-order valence-electron chi connectivity index (χ4n) is 2.35. The summed E-state index contributed by atoms with van der Waals surface area (Å²) in [6.07, 6.45) is 0. The second kappa shape index (κ2) is 10.9. The zero-order valence-electron chi connectivity index (χ0n) is 15.6. The lowest BCUT2D eigenvalue weighted by Gasteiger charge is -2.12. The number of nitrogens with one attached hydrogen (secondary N) is 2. The predicted molar refractivity (Wildman–Crippen MR) is 104 cm³/mol. The number of hydrogen-bond donors (Lipinski definition) is 2. The third kappa shape index (κ3) is 6.20. The fraction of sp³-hybridized carbons (Fsp3) is 0.350. The van der Waals surface area contributed by atoms with E-state index in [9.17, 15) is 0 Å². The van der Waals surface area contributed by atoms with E-state index in [0.29, 0.717) is 31.2 Å². The van der Waals surface area contributed by atoms with Crippen molar-refractivity contribution in [1.82, 2.24) is 10.6 Å². The van der Waals surface area contributed by atoms with Crippen LogP contribution < -0.4 is 24.8 Å². The van der Waals surface area contributed by atoms with Crippen molar-refractivity contribution in [3.63, 3.8) is 0 Å². The molecule has 0 fully saturated rings. The molecule has 0 radical (unpaired) electrons. The lowest BCUT2D eigenvalue weighted by atomic mass is 10.2. The van der Waals surface area contributed by atoms with Gasteiger partial charge in [-0.15, -0.1) is 0 Å². The highest BCUT2D eigenvalue weighted by Gasteiger charge is 2.04. The Morgan fingerprint density at radius 2 is 1.73 bits per heavy atom. The van der Waals surface area contributed by atoms with Gasteiger partial charge in [-0.1, -0.05) is 24.3 Å². The number of hydrogen-bond acceptors (Lipinski definition) is 4. The molecule has 0 aromatic heterocycles. The maximum atomic E-state index is 5.68. The molecular formula is C20H27N3O3. The van der Waals surface area contributed by atoms with Gasteiger partial charge in [-0.2, -0.15) is 0 Å². The molecule has 0 atom stereocenters. The summed E-state index contributed by atoms with van der Waals surface area (Å²) in [4.78, 5) is 4.60. The normalized spacial score (nSPS) is 11.0. The van der Waals surface area contributed by atoms with E-state index in [-0.39, 0.29) is 0 Å². The molecule has 6 nitrogen and oxygen atoms in total. The van der Waals surface area contributed by atoms with Gasteiger partial charge in [0, 0.05) is 6.54 Å². The Hall–Kier alpha value is -2.89. The number of aliphatic imine (C=N–C) groups is 1. The minimum Gasteiger partial charge on any atom is -0.493 e. The number of nitrogens with zero attached hydrogens (tertiary/aromatic N) is 1.